The highest BCUT2D eigenvalue weighted by atomic mass is 31.2. The van der Waals surface area contributed by atoms with Crippen LogP contribution in [0.3, 0.4) is 0 Å². The third-order valence-electron chi connectivity index (χ3n) is 0.196. The zero-order valence-electron chi connectivity index (χ0n) is 3.29. The molecule has 0 bridgehead atoms. The van der Waals surface area contributed by atoms with Crippen molar-refractivity contribution in [1.29, 1.82) is 0 Å². The smallest absolute Gasteiger partial charge is 0.310 e. The third-order valence-corrected chi connectivity index (χ3v) is 0.587. The molecule has 0 rings (SSSR count). The Morgan fingerprint density at radius 2 is 2.17 bits per heavy atom. The second-order valence-corrected chi connectivity index (χ2v) is 2.73. The van der Waals surface area contributed by atoms with Gasteiger partial charge in [0, 0.05) is 6.66 Å². The van der Waals surface area contributed by atoms with Gasteiger partial charge in [-0.3, -0.25) is 4.57 Å². The van der Waals surface area contributed by atoms with E-state index < -0.39 is 7.60 Å². The Hall–Kier alpha value is 0.215. The molecule has 1 N–H and O–H groups in total. The van der Waals surface area contributed by atoms with E-state index in [0.717, 1.165) is 6.66 Å². The van der Waals surface area contributed by atoms with Crippen molar-refractivity contribution in [2.45, 2.75) is 0 Å². The normalized spacial score (nSPS) is 19.7. The van der Waals surface area contributed by atoms with Crippen molar-refractivity contribution in [3.63, 3.8) is 0 Å². The van der Waals surface area contributed by atoms with Gasteiger partial charge in [0.2, 0.25) is 0 Å². The molecule has 0 aliphatic heterocycles. The van der Waals surface area contributed by atoms with Crippen LogP contribution in [0.5, 0.6) is 0 Å². The van der Waals surface area contributed by atoms with Gasteiger partial charge in [0.05, 0.1) is 0 Å². The van der Waals surface area contributed by atoms with Crippen LogP contribution in [0.4, 0.5) is 0 Å². The topological polar surface area (TPSA) is 46.5 Å². The van der Waals surface area contributed by atoms with Crippen LogP contribution in [0.1, 0.15) is 0 Å². The van der Waals surface area contributed by atoms with Crippen molar-refractivity contribution >= 4 is 15.6 Å². The quantitative estimate of drug-likeness (QED) is 0.375. The van der Waals surface area contributed by atoms with Gasteiger partial charge < -0.3 is 9.33 Å². The lowest BCUT2D eigenvalue weighted by Crippen LogP contribution is -1.77. The first-order valence-electron chi connectivity index (χ1n) is 1.25. The Kier molecular flexibility index (Phi) is 1.84. The average Bonchev–Trinajstić information content (AvgIpc) is 1.35. The summed E-state index contributed by atoms with van der Waals surface area (Å²) in [6.07, 6.45) is 0. The van der Waals surface area contributed by atoms with E-state index >= 15 is 0 Å². The zero-order valence-corrected chi connectivity index (χ0v) is 4.18. The van der Waals surface area contributed by atoms with Crippen LogP contribution in [-0.4, -0.2) is 19.6 Å². The summed E-state index contributed by atoms with van der Waals surface area (Å²) < 4.78 is 13.3. The highest BCUT2D eigenvalue weighted by Crippen LogP contribution is 2.33. The molecule has 2 radical (unpaired) electrons. The summed E-state index contributed by atoms with van der Waals surface area (Å²) in [7, 11) is 0.924. The van der Waals surface area contributed by atoms with Crippen LogP contribution >= 0.6 is 7.60 Å². The first-order chi connectivity index (χ1) is 2.56. The van der Waals surface area contributed by atoms with Crippen molar-refractivity contribution < 1.29 is 13.9 Å². The molecule has 0 spiro atoms. The van der Waals surface area contributed by atoms with Crippen LogP contribution in [-0.2, 0) is 9.01 Å². The molecule has 0 amide bonds. The highest BCUT2D eigenvalue weighted by Gasteiger charge is 2.02. The van der Waals surface area contributed by atoms with Crippen molar-refractivity contribution in [3.05, 3.63) is 0 Å². The van der Waals surface area contributed by atoms with Crippen molar-refractivity contribution in [2.24, 2.45) is 0 Å². The van der Waals surface area contributed by atoms with Gasteiger partial charge >= 0.3 is 7.60 Å². The summed E-state index contributed by atoms with van der Waals surface area (Å²) in [4.78, 5) is 8.03. The Balaban J connectivity index is 3.48. The average molecular weight is 106 g/mol. The van der Waals surface area contributed by atoms with Gasteiger partial charge in [-0.1, -0.05) is 0 Å². The van der Waals surface area contributed by atoms with Crippen molar-refractivity contribution in [3.8, 4) is 0 Å². The van der Waals surface area contributed by atoms with Crippen molar-refractivity contribution in [1.82, 2.24) is 0 Å². The molecule has 0 aliphatic carbocycles. The summed E-state index contributed by atoms with van der Waals surface area (Å²) in [5, 5.41) is 0. The van der Waals surface area contributed by atoms with E-state index in [0.29, 0.717) is 0 Å². The van der Waals surface area contributed by atoms with Gasteiger partial charge in [0.1, 0.15) is 0 Å². The maximum Gasteiger partial charge on any atom is 0.310 e. The summed E-state index contributed by atoms with van der Waals surface area (Å²) in [5.41, 5.74) is 0. The number of rotatable bonds is 1. The Labute approximate surface area is 37.3 Å². The fourth-order valence-corrected chi connectivity index (χ4v) is 0. The van der Waals surface area contributed by atoms with E-state index in [1.54, 1.807) is 0 Å². The van der Waals surface area contributed by atoms with E-state index in [4.69, 9.17) is 4.89 Å². The molecule has 1 unspecified atom stereocenters. The van der Waals surface area contributed by atoms with E-state index in [1.807, 2.05) is 0 Å². The predicted octanol–water partition coefficient (Wildman–Crippen LogP) is -0.0983. The first-order valence-corrected chi connectivity index (χ1v) is 3.27. The lowest BCUT2D eigenvalue weighted by molar-refractivity contribution is 0.401. The molecule has 0 heterocycles. The van der Waals surface area contributed by atoms with Crippen LogP contribution < -0.4 is 0 Å². The molecular formula is CH4BO3P. The van der Waals surface area contributed by atoms with Gasteiger partial charge in [-0.2, -0.15) is 0 Å². The SMILES string of the molecule is [B]OP(C)(=O)O. The largest absolute Gasteiger partial charge is 0.383 e. The lowest BCUT2D eigenvalue weighted by atomic mass is 10.6. The maximum atomic E-state index is 9.79. The molecule has 0 saturated carbocycles. The van der Waals surface area contributed by atoms with Gasteiger partial charge in [-0.25, -0.2) is 0 Å². The molecule has 0 aromatic heterocycles. The Morgan fingerprint density at radius 3 is 2.17 bits per heavy atom. The van der Waals surface area contributed by atoms with Gasteiger partial charge in [-0.15, -0.1) is 0 Å². The standard InChI is InChI=1S/CH4BO3P/c1-6(3,4)5-2/h1H3,(H,3,4). The molecular weight excluding hydrogens is 102 g/mol. The maximum absolute atomic E-state index is 9.79. The van der Waals surface area contributed by atoms with E-state index in [1.165, 1.54) is 0 Å². The molecule has 5 heteroatoms. The van der Waals surface area contributed by atoms with E-state index in [9.17, 15) is 4.57 Å². The molecule has 34 valence electrons. The first kappa shape index (κ1) is 6.21. The second kappa shape index (κ2) is 1.78. The molecule has 0 aromatic carbocycles. The predicted molar refractivity (Wildman–Crippen MR) is 22.6 cm³/mol. The van der Waals surface area contributed by atoms with Crippen molar-refractivity contribution in [2.75, 3.05) is 6.66 Å². The second-order valence-electron chi connectivity index (χ2n) is 0.908. The number of hydrogen-bond donors (Lipinski definition) is 1. The van der Waals surface area contributed by atoms with E-state index in [2.05, 4.69) is 12.5 Å². The molecule has 3 nitrogen and oxygen atoms in total. The third kappa shape index (κ3) is 4.21. The minimum absolute atomic E-state index is 1.01. The molecule has 0 aliphatic rings. The summed E-state index contributed by atoms with van der Waals surface area (Å²) in [5.74, 6) is 0. The molecule has 6 heavy (non-hydrogen) atoms. The Bertz CT molecular complexity index is 74.9. The number of hydrogen-bond acceptors (Lipinski definition) is 2. The van der Waals surface area contributed by atoms with Crippen LogP contribution in [0.15, 0.2) is 0 Å². The minimum Gasteiger partial charge on any atom is -0.383 e. The summed E-state index contributed by atoms with van der Waals surface area (Å²) in [6, 6.07) is 0. The molecule has 0 fully saturated rings. The summed E-state index contributed by atoms with van der Waals surface area (Å²) >= 11 is 0. The zero-order chi connectivity index (χ0) is 5.21. The molecule has 0 aromatic rings. The summed E-state index contributed by atoms with van der Waals surface area (Å²) in [6.45, 7) is 1.01. The lowest BCUT2D eigenvalue weighted by Gasteiger charge is -1.97. The van der Waals surface area contributed by atoms with E-state index in [-0.39, 0.29) is 0 Å². The van der Waals surface area contributed by atoms with Crippen LogP contribution in [0.2, 0.25) is 0 Å². The van der Waals surface area contributed by atoms with Gasteiger partial charge in [0.15, 0.2) is 0 Å². The Morgan fingerprint density at radius 1 is 2.00 bits per heavy atom. The minimum atomic E-state index is -3.37. The molecule has 1 atom stereocenters. The monoisotopic (exact) mass is 106 g/mol. The van der Waals surface area contributed by atoms with Crippen LogP contribution in [0.25, 0.3) is 0 Å². The van der Waals surface area contributed by atoms with Gasteiger partial charge in [-0.05, 0) is 0 Å². The van der Waals surface area contributed by atoms with Crippen LogP contribution in [0, 0.1) is 0 Å². The van der Waals surface area contributed by atoms with Gasteiger partial charge in [0.25, 0.3) is 8.05 Å². The fraction of sp³-hybridized carbons (Fsp3) is 1.00. The fourth-order valence-electron chi connectivity index (χ4n) is 0. The highest BCUT2D eigenvalue weighted by molar-refractivity contribution is 7.52. The molecule has 0 saturated heterocycles.